The van der Waals surface area contributed by atoms with Crippen molar-refractivity contribution in [2.24, 2.45) is 0 Å². The fraction of sp³-hybridized carbons (Fsp3) is 0.429. The lowest BCUT2D eigenvalue weighted by molar-refractivity contribution is -0.118. The first kappa shape index (κ1) is 28.1. The van der Waals surface area contributed by atoms with Crippen LogP contribution in [0.3, 0.4) is 0 Å². The van der Waals surface area contributed by atoms with Crippen LogP contribution in [0.5, 0.6) is 0 Å². The van der Waals surface area contributed by atoms with E-state index in [1.54, 1.807) is 31.2 Å². The van der Waals surface area contributed by atoms with Gasteiger partial charge in [0.05, 0.1) is 22.0 Å². The molecule has 1 N–H and O–H groups in total. The fourth-order valence-electron chi connectivity index (χ4n) is 4.62. The van der Waals surface area contributed by atoms with E-state index in [1.807, 2.05) is 0 Å². The smallest absolute Gasteiger partial charge is 0.235 e. The number of benzene rings is 2. The molecule has 1 aliphatic rings. The van der Waals surface area contributed by atoms with Gasteiger partial charge in [0, 0.05) is 38.4 Å². The first-order valence-corrected chi connectivity index (χ1v) is 15.0. The maximum atomic E-state index is 12.7. The number of hydrogen-bond donors (Lipinski definition) is 1. The summed E-state index contributed by atoms with van der Waals surface area (Å²) in [6.07, 6.45) is 0.763. The summed E-state index contributed by atoms with van der Waals surface area (Å²) in [4.78, 5) is 21.5. The third-order valence-corrected chi connectivity index (χ3v) is 8.50. The number of aromatic nitrogens is 1. The summed E-state index contributed by atoms with van der Waals surface area (Å²) in [5.41, 5.74) is 4.74. The van der Waals surface area contributed by atoms with E-state index < -0.39 is 21.5 Å². The predicted octanol–water partition coefficient (Wildman–Crippen LogP) is 4.16. The Balaban J connectivity index is 1.19. The van der Waals surface area contributed by atoms with Crippen molar-refractivity contribution in [2.75, 3.05) is 49.9 Å². The normalized spacial score (nSPS) is 14.6. The Morgan fingerprint density at radius 2 is 1.82 bits per heavy atom. The first-order chi connectivity index (χ1) is 18.1. The van der Waals surface area contributed by atoms with Crippen LogP contribution >= 0.6 is 11.6 Å². The van der Waals surface area contributed by atoms with E-state index in [-0.39, 0.29) is 17.3 Å². The monoisotopic (exact) mass is 558 g/mol. The van der Waals surface area contributed by atoms with Gasteiger partial charge in [-0.1, -0.05) is 35.9 Å². The zero-order valence-electron chi connectivity index (χ0n) is 22.2. The van der Waals surface area contributed by atoms with Gasteiger partial charge in [0.15, 0.2) is 9.84 Å². The minimum atomic E-state index is -3.72. The van der Waals surface area contributed by atoms with Crippen molar-refractivity contribution in [3.05, 3.63) is 70.1 Å². The lowest BCUT2D eigenvalue weighted by atomic mass is 10.1. The van der Waals surface area contributed by atoms with E-state index in [9.17, 15) is 13.2 Å². The molecule has 204 valence electrons. The number of piperazine rings is 1. The van der Waals surface area contributed by atoms with Crippen molar-refractivity contribution in [3.8, 4) is 11.5 Å². The molecule has 1 fully saturated rings. The SMILES string of the molecule is Cc1ccc(C)c(N2CCN(CCCNC(=O)CS(=O)(=O)Cc3nc(-c4ccccc4Cl)oc3C)CC2)c1. The summed E-state index contributed by atoms with van der Waals surface area (Å²) < 4.78 is 31.0. The van der Waals surface area contributed by atoms with Gasteiger partial charge in [0.25, 0.3) is 0 Å². The number of carbonyl (C=O) groups is 1. The number of nitrogens with zero attached hydrogens (tertiary/aromatic N) is 3. The van der Waals surface area contributed by atoms with Gasteiger partial charge in [-0.3, -0.25) is 9.69 Å². The van der Waals surface area contributed by atoms with Crippen LogP contribution in [0.4, 0.5) is 5.69 Å². The minimum absolute atomic E-state index is 0.262. The molecule has 0 spiro atoms. The van der Waals surface area contributed by atoms with Gasteiger partial charge < -0.3 is 14.6 Å². The number of carbonyl (C=O) groups excluding carboxylic acids is 1. The highest BCUT2D eigenvalue weighted by Gasteiger charge is 2.23. The Kier molecular flexibility index (Phi) is 9.12. The summed E-state index contributed by atoms with van der Waals surface area (Å²) in [6.45, 7) is 11.1. The number of amides is 1. The Morgan fingerprint density at radius 3 is 2.55 bits per heavy atom. The van der Waals surface area contributed by atoms with Crippen LogP contribution in [0.15, 0.2) is 46.9 Å². The Labute approximate surface area is 229 Å². The molecule has 2 heterocycles. The van der Waals surface area contributed by atoms with Crippen molar-refractivity contribution in [2.45, 2.75) is 32.9 Å². The van der Waals surface area contributed by atoms with E-state index in [2.05, 4.69) is 52.1 Å². The summed E-state index contributed by atoms with van der Waals surface area (Å²) in [5.74, 6) is -0.809. The van der Waals surface area contributed by atoms with Crippen LogP contribution in [-0.2, 0) is 20.4 Å². The van der Waals surface area contributed by atoms with Crippen molar-refractivity contribution in [1.29, 1.82) is 0 Å². The number of hydrogen-bond acceptors (Lipinski definition) is 7. The van der Waals surface area contributed by atoms with E-state index in [1.165, 1.54) is 16.8 Å². The quantitative estimate of drug-likeness (QED) is 0.373. The second kappa shape index (κ2) is 12.3. The number of halogens is 1. The average molecular weight is 559 g/mol. The van der Waals surface area contributed by atoms with E-state index in [0.717, 1.165) is 39.1 Å². The molecule has 1 aromatic heterocycles. The topological polar surface area (TPSA) is 95.8 Å². The lowest BCUT2D eigenvalue weighted by Crippen LogP contribution is -2.47. The van der Waals surface area contributed by atoms with Gasteiger partial charge in [0.2, 0.25) is 11.8 Å². The standard InChI is InChI=1S/C28H35ClN4O4S/c1-20-9-10-21(2)26(17-20)33-15-13-32(14-16-33)12-6-11-30-27(34)19-38(35,36)18-25-22(3)37-28(31-25)23-7-4-5-8-24(23)29/h4-5,7-10,17H,6,11-16,18-19H2,1-3H3,(H,30,34). The second-order valence-electron chi connectivity index (χ2n) is 9.86. The molecule has 0 saturated carbocycles. The molecule has 0 bridgehead atoms. The highest BCUT2D eigenvalue weighted by atomic mass is 35.5. The van der Waals surface area contributed by atoms with Gasteiger partial charge in [-0.15, -0.1) is 0 Å². The number of anilines is 1. The maximum Gasteiger partial charge on any atom is 0.235 e. The molecule has 0 atom stereocenters. The van der Waals surface area contributed by atoms with Gasteiger partial charge >= 0.3 is 0 Å². The fourth-order valence-corrected chi connectivity index (χ4v) is 6.13. The predicted molar refractivity (Wildman–Crippen MR) is 151 cm³/mol. The highest BCUT2D eigenvalue weighted by Crippen LogP contribution is 2.29. The van der Waals surface area contributed by atoms with Crippen LogP contribution in [0.25, 0.3) is 11.5 Å². The minimum Gasteiger partial charge on any atom is -0.441 e. The Hall–Kier alpha value is -2.88. The lowest BCUT2D eigenvalue weighted by Gasteiger charge is -2.37. The van der Waals surface area contributed by atoms with E-state index >= 15 is 0 Å². The number of sulfone groups is 1. The molecule has 0 radical (unpaired) electrons. The van der Waals surface area contributed by atoms with E-state index in [0.29, 0.717) is 22.9 Å². The van der Waals surface area contributed by atoms with Gasteiger partial charge in [-0.05, 0) is 63.1 Å². The molecule has 1 amide bonds. The maximum absolute atomic E-state index is 12.7. The van der Waals surface area contributed by atoms with Crippen molar-refractivity contribution < 1.29 is 17.6 Å². The summed E-state index contributed by atoms with van der Waals surface area (Å²) in [5, 5.41) is 3.21. The largest absolute Gasteiger partial charge is 0.441 e. The van der Waals surface area contributed by atoms with Gasteiger partial charge in [-0.25, -0.2) is 13.4 Å². The van der Waals surface area contributed by atoms with Gasteiger partial charge in [0.1, 0.15) is 11.5 Å². The first-order valence-electron chi connectivity index (χ1n) is 12.8. The summed E-state index contributed by atoms with van der Waals surface area (Å²) in [7, 11) is -3.72. The molecule has 8 nitrogen and oxygen atoms in total. The van der Waals surface area contributed by atoms with Crippen LogP contribution in [0, 0.1) is 20.8 Å². The summed E-state index contributed by atoms with van der Waals surface area (Å²) in [6, 6.07) is 13.6. The third-order valence-electron chi connectivity index (χ3n) is 6.76. The second-order valence-corrected chi connectivity index (χ2v) is 12.3. The van der Waals surface area contributed by atoms with E-state index in [4.69, 9.17) is 16.0 Å². The van der Waals surface area contributed by atoms with Gasteiger partial charge in [-0.2, -0.15) is 0 Å². The number of oxazole rings is 1. The molecule has 3 aromatic rings. The zero-order chi connectivity index (χ0) is 27.3. The molecule has 2 aromatic carbocycles. The number of nitrogens with one attached hydrogen (secondary N) is 1. The Bertz CT molecular complexity index is 1380. The van der Waals surface area contributed by atoms with Crippen molar-refractivity contribution >= 4 is 33.0 Å². The third kappa shape index (κ3) is 7.36. The number of rotatable bonds is 10. The molecule has 38 heavy (non-hydrogen) atoms. The van der Waals surface area contributed by atoms with Crippen LogP contribution in [0.2, 0.25) is 5.02 Å². The molecule has 1 aliphatic heterocycles. The number of aryl methyl sites for hydroxylation is 3. The highest BCUT2D eigenvalue weighted by molar-refractivity contribution is 7.91. The molecule has 1 saturated heterocycles. The molecular weight excluding hydrogens is 524 g/mol. The Morgan fingerprint density at radius 1 is 1.08 bits per heavy atom. The summed E-state index contributed by atoms with van der Waals surface area (Å²) >= 11 is 6.20. The van der Waals surface area contributed by atoms with Crippen LogP contribution in [0.1, 0.15) is 29.0 Å². The molecule has 4 rings (SSSR count). The molecule has 10 heteroatoms. The zero-order valence-corrected chi connectivity index (χ0v) is 23.7. The molecular formula is C28H35ClN4O4S. The molecule has 0 aliphatic carbocycles. The van der Waals surface area contributed by atoms with Crippen molar-refractivity contribution in [3.63, 3.8) is 0 Å². The van der Waals surface area contributed by atoms with Crippen LogP contribution < -0.4 is 10.2 Å². The average Bonchev–Trinajstić information content (AvgIpc) is 3.22. The van der Waals surface area contributed by atoms with Crippen molar-refractivity contribution in [1.82, 2.24) is 15.2 Å². The van der Waals surface area contributed by atoms with Crippen LogP contribution in [-0.4, -0.2) is 69.2 Å². The molecule has 0 unspecified atom stereocenters.